The molecule has 2 fully saturated rings. The summed E-state index contributed by atoms with van der Waals surface area (Å²) in [4.78, 5) is 11.4. The van der Waals surface area contributed by atoms with Gasteiger partial charge >= 0.3 is 0 Å². The first-order chi connectivity index (χ1) is 6.68. The molecule has 1 saturated heterocycles. The third-order valence-corrected chi connectivity index (χ3v) is 2.96. The summed E-state index contributed by atoms with van der Waals surface area (Å²) >= 11 is 0. The Balaban J connectivity index is 1.86. The molecule has 0 spiro atoms. The molecule has 1 aliphatic carbocycles. The quantitative estimate of drug-likeness (QED) is 0.672. The first-order valence-electron chi connectivity index (χ1n) is 5.36. The average molecular weight is 198 g/mol. The molecule has 0 aromatic carbocycles. The highest BCUT2D eigenvalue weighted by molar-refractivity contribution is 5.81. The van der Waals surface area contributed by atoms with Gasteiger partial charge in [-0.15, -0.1) is 0 Å². The number of carbonyl (C=O) groups excluding carboxylic acids is 1. The summed E-state index contributed by atoms with van der Waals surface area (Å²) in [6.45, 7) is 2.47. The minimum Gasteiger partial charge on any atom is -0.376 e. The number of hydrogen-bond donors (Lipinski definition) is 2. The highest BCUT2D eigenvalue weighted by atomic mass is 16.5. The van der Waals surface area contributed by atoms with E-state index in [1.54, 1.807) is 6.92 Å². The lowest BCUT2D eigenvalue weighted by atomic mass is 10.1. The highest BCUT2D eigenvalue weighted by Crippen LogP contribution is 2.38. The lowest BCUT2D eigenvalue weighted by Crippen LogP contribution is -2.47. The molecule has 4 heteroatoms. The van der Waals surface area contributed by atoms with Crippen molar-refractivity contribution in [2.24, 2.45) is 11.7 Å². The third-order valence-electron chi connectivity index (χ3n) is 2.96. The van der Waals surface area contributed by atoms with Crippen LogP contribution in [0.4, 0.5) is 0 Å². The van der Waals surface area contributed by atoms with E-state index in [0.29, 0.717) is 5.92 Å². The van der Waals surface area contributed by atoms with E-state index in [-0.39, 0.29) is 18.1 Å². The van der Waals surface area contributed by atoms with Crippen molar-refractivity contribution in [1.82, 2.24) is 5.32 Å². The molecule has 4 nitrogen and oxygen atoms in total. The molecule has 1 amide bonds. The van der Waals surface area contributed by atoms with Crippen LogP contribution in [0.5, 0.6) is 0 Å². The predicted molar refractivity (Wildman–Crippen MR) is 52.7 cm³/mol. The number of carbonyl (C=O) groups is 1. The minimum absolute atomic E-state index is 0.0637. The maximum Gasteiger partial charge on any atom is 0.236 e. The molecule has 0 aromatic heterocycles. The van der Waals surface area contributed by atoms with Crippen LogP contribution in [0.2, 0.25) is 0 Å². The van der Waals surface area contributed by atoms with E-state index < -0.39 is 6.04 Å². The first kappa shape index (κ1) is 9.93. The molecule has 2 aliphatic rings. The standard InChI is InChI=1S/C10H18N2O2/c1-6(11)10(13)12-8-4-5-14-9(8)7-2-3-7/h6-9H,2-5,11H2,1H3,(H,12,13). The Morgan fingerprint density at radius 3 is 2.79 bits per heavy atom. The molecule has 14 heavy (non-hydrogen) atoms. The zero-order chi connectivity index (χ0) is 10.1. The van der Waals surface area contributed by atoms with Crippen molar-refractivity contribution in [2.45, 2.75) is 44.4 Å². The fourth-order valence-corrected chi connectivity index (χ4v) is 1.97. The highest BCUT2D eigenvalue weighted by Gasteiger charge is 2.41. The second kappa shape index (κ2) is 3.87. The largest absolute Gasteiger partial charge is 0.376 e. The summed E-state index contributed by atoms with van der Waals surface area (Å²) in [5.74, 6) is 0.613. The number of rotatable bonds is 3. The summed E-state index contributed by atoms with van der Waals surface area (Å²) in [5, 5.41) is 2.96. The molecule has 0 bridgehead atoms. The molecule has 3 N–H and O–H groups in total. The van der Waals surface area contributed by atoms with E-state index in [1.807, 2.05) is 0 Å². The molecular formula is C10H18N2O2. The average Bonchev–Trinajstić information content (AvgIpc) is 2.88. The minimum atomic E-state index is -0.421. The van der Waals surface area contributed by atoms with E-state index in [0.717, 1.165) is 13.0 Å². The maximum absolute atomic E-state index is 11.4. The molecular weight excluding hydrogens is 180 g/mol. The van der Waals surface area contributed by atoms with Crippen molar-refractivity contribution in [2.75, 3.05) is 6.61 Å². The number of nitrogens with two attached hydrogens (primary N) is 1. The van der Waals surface area contributed by atoms with Gasteiger partial charge < -0.3 is 15.8 Å². The third kappa shape index (κ3) is 2.07. The molecule has 2 rings (SSSR count). The zero-order valence-corrected chi connectivity index (χ0v) is 8.53. The van der Waals surface area contributed by atoms with Gasteiger partial charge in [0.2, 0.25) is 5.91 Å². The fraction of sp³-hybridized carbons (Fsp3) is 0.900. The number of nitrogens with one attached hydrogen (secondary N) is 1. The Bertz CT molecular complexity index is 226. The van der Waals surface area contributed by atoms with Gasteiger partial charge in [-0.2, -0.15) is 0 Å². The second-order valence-corrected chi connectivity index (χ2v) is 4.37. The van der Waals surface area contributed by atoms with Crippen LogP contribution in [0, 0.1) is 5.92 Å². The van der Waals surface area contributed by atoms with Gasteiger partial charge in [0.1, 0.15) is 0 Å². The zero-order valence-electron chi connectivity index (χ0n) is 8.53. The summed E-state index contributed by atoms with van der Waals surface area (Å²) in [7, 11) is 0. The van der Waals surface area contributed by atoms with Gasteiger partial charge in [0.25, 0.3) is 0 Å². The lowest BCUT2D eigenvalue weighted by molar-refractivity contribution is -0.123. The number of ether oxygens (including phenoxy) is 1. The van der Waals surface area contributed by atoms with E-state index in [9.17, 15) is 4.79 Å². The molecule has 80 valence electrons. The molecule has 3 atom stereocenters. The van der Waals surface area contributed by atoms with Crippen LogP contribution in [0.15, 0.2) is 0 Å². The Morgan fingerprint density at radius 1 is 1.50 bits per heavy atom. The summed E-state index contributed by atoms with van der Waals surface area (Å²) in [6, 6.07) is -0.226. The summed E-state index contributed by atoms with van der Waals surface area (Å²) < 4.78 is 5.61. The van der Waals surface area contributed by atoms with Gasteiger partial charge in [-0.05, 0) is 32.1 Å². The predicted octanol–water partition coefficient (Wildman–Crippen LogP) is 0.0173. The Kier molecular flexibility index (Phi) is 2.74. The van der Waals surface area contributed by atoms with E-state index >= 15 is 0 Å². The molecule has 1 aliphatic heterocycles. The van der Waals surface area contributed by atoms with Gasteiger partial charge in [0.05, 0.1) is 18.2 Å². The molecule has 1 saturated carbocycles. The molecule has 0 radical (unpaired) electrons. The van der Waals surface area contributed by atoms with Crippen molar-refractivity contribution in [3.63, 3.8) is 0 Å². The Labute approximate surface area is 84.2 Å². The topological polar surface area (TPSA) is 64.4 Å². The van der Waals surface area contributed by atoms with Crippen LogP contribution in [-0.4, -0.2) is 30.7 Å². The van der Waals surface area contributed by atoms with Crippen molar-refractivity contribution in [3.05, 3.63) is 0 Å². The van der Waals surface area contributed by atoms with E-state index in [1.165, 1.54) is 12.8 Å². The van der Waals surface area contributed by atoms with Crippen molar-refractivity contribution >= 4 is 5.91 Å². The molecule has 0 aromatic rings. The maximum atomic E-state index is 11.4. The lowest BCUT2D eigenvalue weighted by Gasteiger charge is -2.20. The van der Waals surface area contributed by atoms with Crippen LogP contribution in [0.25, 0.3) is 0 Å². The van der Waals surface area contributed by atoms with E-state index in [4.69, 9.17) is 10.5 Å². The monoisotopic (exact) mass is 198 g/mol. The molecule has 1 heterocycles. The van der Waals surface area contributed by atoms with Crippen LogP contribution in [0.1, 0.15) is 26.2 Å². The van der Waals surface area contributed by atoms with Crippen molar-refractivity contribution < 1.29 is 9.53 Å². The van der Waals surface area contributed by atoms with Gasteiger partial charge in [-0.25, -0.2) is 0 Å². The van der Waals surface area contributed by atoms with Crippen LogP contribution in [0.3, 0.4) is 0 Å². The van der Waals surface area contributed by atoms with Crippen molar-refractivity contribution in [1.29, 1.82) is 0 Å². The van der Waals surface area contributed by atoms with Crippen LogP contribution < -0.4 is 11.1 Å². The Hall–Kier alpha value is -0.610. The van der Waals surface area contributed by atoms with Crippen LogP contribution in [-0.2, 0) is 9.53 Å². The van der Waals surface area contributed by atoms with Crippen LogP contribution >= 0.6 is 0 Å². The van der Waals surface area contributed by atoms with Gasteiger partial charge in [-0.3, -0.25) is 4.79 Å². The van der Waals surface area contributed by atoms with Gasteiger partial charge in [0, 0.05) is 6.61 Å². The normalized spacial score (nSPS) is 34.1. The fourth-order valence-electron chi connectivity index (χ4n) is 1.97. The van der Waals surface area contributed by atoms with Gasteiger partial charge in [0.15, 0.2) is 0 Å². The van der Waals surface area contributed by atoms with E-state index in [2.05, 4.69) is 5.32 Å². The Morgan fingerprint density at radius 2 is 2.21 bits per heavy atom. The van der Waals surface area contributed by atoms with Crippen molar-refractivity contribution in [3.8, 4) is 0 Å². The second-order valence-electron chi connectivity index (χ2n) is 4.37. The number of hydrogen-bond acceptors (Lipinski definition) is 3. The number of amides is 1. The smallest absolute Gasteiger partial charge is 0.236 e. The first-order valence-corrected chi connectivity index (χ1v) is 5.36. The summed E-state index contributed by atoms with van der Waals surface area (Å²) in [6.07, 6.45) is 3.67. The summed E-state index contributed by atoms with van der Waals surface area (Å²) in [5.41, 5.74) is 5.50. The molecule has 3 unspecified atom stereocenters. The SMILES string of the molecule is CC(N)C(=O)NC1CCOC1C1CC1. The van der Waals surface area contributed by atoms with Gasteiger partial charge in [-0.1, -0.05) is 0 Å².